The van der Waals surface area contributed by atoms with Crippen molar-refractivity contribution in [1.29, 1.82) is 0 Å². The molecule has 1 N–H and O–H groups in total. The highest BCUT2D eigenvalue weighted by atomic mass is 19.1. The molecule has 21 heavy (non-hydrogen) atoms. The van der Waals surface area contributed by atoms with Gasteiger partial charge in [0.2, 0.25) is 0 Å². The van der Waals surface area contributed by atoms with Crippen LogP contribution in [0.15, 0.2) is 42.5 Å². The minimum Gasteiger partial charge on any atom is -0.490 e. The molecule has 0 amide bonds. The highest BCUT2D eigenvalue weighted by Crippen LogP contribution is 2.18. The first-order valence-electron chi connectivity index (χ1n) is 6.10. The molecule has 0 fully saturated rings. The van der Waals surface area contributed by atoms with Crippen molar-refractivity contribution in [1.82, 2.24) is 0 Å². The lowest BCUT2D eigenvalue weighted by Crippen LogP contribution is -2.11. The molecule has 2 aromatic rings. The molecule has 2 rings (SSSR count). The van der Waals surface area contributed by atoms with Crippen LogP contribution >= 0.6 is 0 Å². The monoisotopic (exact) mass is 294 g/mol. The molecule has 6 heteroatoms. The second-order valence-electron chi connectivity index (χ2n) is 4.10. The van der Waals surface area contributed by atoms with Crippen LogP contribution in [-0.2, 0) is 0 Å². The van der Waals surface area contributed by atoms with Crippen LogP contribution in [0.25, 0.3) is 0 Å². The number of hydrogen-bond donors (Lipinski definition) is 1. The Labute approximate surface area is 119 Å². The van der Waals surface area contributed by atoms with Crippen LogP contribution < -0.4 is 9.47 Å². The molecule has 0 aliphatic rings. The first-order chi connectivity index (χ1) is 10.1. The number of carboxylic acid groups (broad SMARTS) is 1. The Morgan fingerprint density at radius 3 is 2.29 bits per heavy atom. The molecule has 0 unspecified atom stereocenters. The maximum atomic E-state index is 12.9. The summed E-state index contributed by atoms with van der Waals surface area (Å²) in [7, 11) is 0. The third-order valence-corrected chi connectivity index (χ3v) is 2.56. The van der Waals surface area contributed by atoms with Crippen LogP contribution in [0.3, 0.4) is 0 Å². The zero-order valence-electron chi connectivity index (χ0n) is 10.9. The van der Waals surface area contributed by atoms with Crippen molar-refractivity contribution in [2.24, 2.45) is 0 Å². The molecule has 0 saturated heterocycles. The third-order valence-electron chi connectivity index (χ3n) is 2.56. The van der Waals surface area contributed by atoms with Gasteiger partial charge in [0, 0.05) is 18.2 Å². The van der Waals surface area contributed by atoms with Crippen molar-refractivity contribution in [3.63, 3.8) is 0 Å². The van der Waals surface area contributed by atoms with Crippen molar-refractivity contribution in [2.45, 2.75) is 0 Å². The number of carbonyl (C=O) groups is 1. The smallest absolute Gasteiger partial charge is 0.339 e. The maximum absolute atomic E-state index is 12.9. The topological polar surface area (TPSA) is 55.8 Å². The van der Waals surface area contributed by atoms with Gasteiger partial charge in [-0.05, 0) is 12.1 Å². The summed E-state index contributed by atoms with van der Waals surface area (Å²) in [6.07, 6.45) is 0. The van der Waals surface area contributed by atoms with E-state index in [2.05, 4.69) is 0 Å². The average molecular weight is 294 g/mol. The van der Waals surface area contributed by atoms with Crippen LogP contribution in [0.2, 0.25) is 0 Å². The first-order valence-corrected chi connectivity index (χ1v) is 6.10. The fraction of sp³-hybridized carbons (Fsp3) is 0.133. The van der Waals surface area contributed by atoms with Gasteiger partial charge in [-0.25, -0.2) is 13.6 Å². The van der Waals surface area contributed by atoms with E-state index >= 15 is 0 Å². The highest BCUT2D eigenvalue weighted by Gasteiger charge is 2.09. The second-order valence-corrected chi connectivity index (χ2v) is 4.10. The standard InChI is InChI=1S/C15H12F2O4/c16-10-7-11(17)9-12(8-10)20-5-6-21-14-4-2-1-3-13(14)15(18)19/h1-4,7-9H,5-6H2,(H,18,19). The molecule has 2 aromatic carbocycles. The highest BCUT2D eigenvalue weighted by molar-refractivity contribution is 5.90. The number of rotatable bonds is 6. The van der Waals surface area contributed by atoms with Gasteiger partial charge in [0.05, 0.1) is 0 Å². The van der Waals surface area contributed by atoms with Crippen molar-refractivity contribution in [3.05, 3.63) is 59.7 Å². The van der Waals surface area contributed by atoms with Crippen molar-refractivity contribution in [2.75, 3.05) is 13.2 Å². The zero-order valence-corrected chi connectivity index (χ0v) is 10.9. The molecular formula is C15H12F2O4. The average Bonchev–Trinajstić information content (AvgIpc) is 2.43. The first kappa shape index (κ1) is 14.8. The zero-order chi connectivity index (χ0) is 15.2. The van der Waals surface area contributed by atoms with E-state index in [-0.39, 0.29) is 30.3 Å². The quantitative estimate of drug-likeness (QED) is 0.832. The van der Waals surface area contributed by atoms with Crippen LogP contribution in [0.5, 0.6) is 11.5 Å². The summed E-state index contributed by atoms with van der Waals surface area (Å²) in [5, 5.41) is 8.97. The van der Waals surface area contributed by atoms with E-state index in [0.29, 0.717) is 0 Å². The fourth-order valence-electron chi connectivity index (χ4n) is 1.69. The number of carboxylic acids is 1. The van der Waals surface area contributed by atoms with Gasteiger partial charge in [-0.2, -0.15) is 0 Å². The number of halogens is 2. The van der Waals surface area contributed by atoms with Gasteiger partial charge in [0.15, 0.2) is 0 Å². The van der Waals surface area contributed by atoms with Crippen LogP contribution in [0.4, 0.5) is 8.78 Å². The van der Waals surface area contributed by atoms with E-state index in [1.807, 2.05) is 0 Å². The Bertz CT molecular complexity index is 623. The molecule has 0 spiro atoms. The van der Waals surface area contributed by atoms with Crippen molar-refractivity contribution in [3.8, 4) is 11.5 Å². The second kappa shape index (κ2) is 6.69. The molecule has 4 nitrogen and oxygen atoms in total. The lowest BCUT2D eigenvalue weighted by atomic mass is 10.2. The number of aromatic carboxylic acids is 1. The molecule has 110 valence electrons. The Balaban J connectivity index is 1.89. The molecule has 0 aliphatic carbocycles. The minimum atomic E-state index is -1.10. The number of para-hydroxylation sites is 1. The fourth-order valence-corrected chi connectivity index (χ4v) is 1.69. The third kappa shape index (κ3) is 4.17. The van der Waals surface area contributed by atoms with Gasteiger partial charge >= 0.3 is 5.97 Å². The molecule has 0 aromatic heterocycles. The summed E-state index contributed by atoms with van der Waals surface area (Å²) < 4.78 is 36.3. The summed E-state index contributed by atoms with van der Waals surface area (Å²) >= 11 is 0. The Kier molecular flexibility index (Phi) is 4.71. The molecule has 0 bridgehead atoms. The summed E-state index contributed by atoms with van der Waals surface area (Å²) in [6, 6.07) is 9.01. The summed E-state index contributed by atoms with van der Waals surface area (Å²) in [4.78, 5) is 11.0. The molecule has 0 heterocycles. The summed E-state index contributed by atoms with van der Waals surface area (Å²) in [5.74, 6) is -2.32. The van der Waals surface area contributed by atoms with E-state index in [9.17, 15) is 13.6 Å². The van der Waals surface area contributed by atoms with E-state index < -0.39 is 17.6 Å². The van der Waals surface area contributed by atoms with Gasteiger partial charge in [-0.15, -0.1) is 0 Å². The van der Waals surface area contributed by atoms with Gasteiger partial charge in [0.1, 0.15) is 41.9 Å². The predicted octanol–water partition coefficient (Wildman–Crippen LogP) is 3.12. The van der Waals surface area contributed by atoms with Gasteiger partial charge in [-0.3, -0.25) is 0 Å². The summed E-state index contributed by atoms with van der Waals surface area (Å²) in [6.45, 7) is 0.0687. The molecule has 0 radical (unpaired) electrons. The van der Waals surface area contributed by atoms with Crippen LogP contribution in [0.1, 0.15) is 10.4 Å². The molecule has 0 aliphatic heterocycles. The number of benzene rings is 2. The Morgan fingerprint density at radius 1 is 1.00 bits per heavy atom. The SMILES string of the molecule is O=C(O)c1ccccc1OCCOc1cc(F)cc(F)c1. The summed E-state index contributed by atoms with van der Waals surface area (Å²) in [5.41, 5.74) is 0.0364. The van der Waals surface area contributed by atoms with E-state index in [0.717, 1.165) is 18.2 Å². The van der Waals surface area contributed by atoms with E-state index in [1.165, 1.54) is 12.1 Å². The van der Waals surface area contributed by atoms with E-state index in [1.54, 1.807) is 12.1 Å². The Morgan fingerprint density at radius 2 is 1.62 bits per heavy atom. The van der Waals surface area contributed by atoms with Gasteiger partial charge < -0.3 is 14.6 Å². The van der Waals surface area contributed by atoms with Crippen molar-refractivity contribution >= 4 is 5.97 Å². The maximum Gasteiger partial charge on any atom is 0.339 e. The lowest BCUT2D eigenvalue weighted by molar-refractivity contribution is 0.0691. The number of hydrogen-bond acceptors (Lipinski definition) is 3. The van der Waals surface area contributed by atoms with Gasteiger partial charge in [0.25, 0.3) is 0 Å². The van der Waals surface area contributed by atoms with Gasteiger partial charge in [-0.1, -0.05) is 12.1 Å². The largest absolute Gasteiger partial charge is 0.490 e. The number of ether oxygens (including phenoxy) is 2. The molecular weight excluding hydrogens is 282 g/mol. The normalized spacial score (nSPS) is 10.2. The molecule has 0 atom stereocenters. The minimum absolute atomic E-state index is 0.0246. The van der Waals surface area contributed by atoms with Crippen LogP contribution in [0, 0.1) is 11.6 Å². The van der Waals surface area contributed by atoms with Crippen LogP contribution in [-0.4, -0.2) is 24.3 Å². The van der Waals surface area contributed by atoms with Crippen molar-refractivity contribution < 1.29 is 28.2 Å². The predicted molar refractivity (Wildman–Crippen MR) is 70.7 cm³/mol. The van der Waals surface area contributed by atoms with E-state index in [4.69, 9.17) is 14.6 Å². The Hall–Kier alpha value is -2.63. The molecule has 0 saturated carbocycles. The lowest BCUT2D eigenvalue weighted by Gasteiger charge is -2.10.